The fourth-order valence-electron chi connectivity index (χ4n) is 1.59. The Hall–Kier alpha value is -0.740. The Morgan fingerprint density at radius 3 is 2.69 bits per heavy atom. The lowest BCUT2D eigenvalue weighted by Crippen LogP contribution is -2.12. The Kier molecular flexibility index (Phi) is 5.09. The van der Waals surface area contributed by atoms with Crippen LogP contribution in [0.2, 0.25) is 0 Å². The molecule has 0 bridgehead atoms. The minimum atomic E-state index is 0.248. The summed E-state index contributed by atoms with van der Waals surface area (Å²) in [6, 6.07) is 0. The van der Waals surface area contributed by atoms with E-state index in [2.05, 4.69) is 4.98 Å². The van der Waals surface area contributed by atoms with Crippen LogP contribution in [0, 0.1) is 19.8 Å². The van der Waals surface area contributed by atoms with Crippen molar-refractivity contribution in [3.63, 3.8) is 0 Å². The molecule has 1 heterocycles. The molecule has 0 aliphatic rings. The number of thiazole rings is 1. The van der Waals surface area contributed by atoms with Crippen molar-refractivity contribution >= 4 is 17.1 Å². The number of ketones is 1. The maximum absolute atomic E-state index is 11.7. The minimum absolute atomic E-state index is 0.248. The fourth-order valence-corrected chi connectivity index (χ4v) is 2.55. The predicted molar refractivity (Wildman–Crippen MR) is 66.0 cm³/mol. The second-order valence-electron chi connectivity index (χ2n) is 4.23. The van der Waals surface area contributed by atoms with E-state index in [-0.39, 0.29) is 5.78 Å². The summed E-state index contributed by atoms with van der Waals surface area (Å²) in [5.41, 5.74) is 1.04. The Balaban J connectivity index is 2.45. The van der Waals surface area contributed by atoms with Gasteiger partial charge in [-0.05, 0) is 19.8 Å². The maximum Gasteiger partial charge on any atom is 0.140 e. The zero-order chi connectivity index (χ0) is 12.1. The minimum Gasteiger partial charge on any atom is -0.384 e. The summed E-state index contributed by atoms with van der Waals surface area (Å²) in [6.45, 7) is 6.68. The highest BCUT2D eigenvalue weighted by Crippen LogP contribution is 2.18. The second kappa shape index (κ2) is 6.11. The summed E-state index contributed by atoms with van der Waals surface area (Å²) in [7, 11) is 1.66. The van der Waals surface area contributed by atoms with E-state index in [0.29, 0.717) is 25.4 Å². The molecule has 0 fully saturated rings. The van der Waals surface area contributed by atoms with Gasteiger partial charge in [0.25, 0.3) is 0 Å². The van der Waals surface area contributed by atoms with E-state index >= 15 is 0 Å². The molecule has 0 spiro atoms. The van der Waals surface area contributed by atoms with E-state index in [9.17, 15) is 4.79 Å². The van der Waals surface area contributed by atoms with Crippen LogP contribution in [0.15, 0.2) is 0 Å². The van der Waals surface area contributed by atoms with Crippen LogP contribution in [0.1, 0.15) is 28.9 Å². The summed E-state index contributed by atoms with van der Waals surface area (Å²) in [6.07, 6.45) is 1.04. The van der Waals surface area contributed by atoms with Crippen LogP contribution in [0.5, 0.6) is 0 Å². The number of hydrogen-bond donors (Lipinski definition) is 0. The molecule has 0 radical (unpaired) electrons. The molecule has 4 heteroatoms. The van der Waals surface area contributed by atoms with E-state index < -0.39 is 0 Å². The molecule has 0 N–H and O–H groups in total. The van der Waals surface area contributed by atoms with E-state index in [4.69, 9.17) is 4.74 Å². The van der Waals surface area contributed by atoms with Gasteiger partial charge in [0.05, 0.1) is 12.1 Å². The molecule has 0 aromatic carbocycles. The fraction of sp³-hybridized carbons (Fsp3) is 0.667. The van der Waals surface area contributed by atoms with Crippen LogP contribution in [-0.2, 0) is 16.0 Å². The van der Waals surface area contributed by atoms with Crippen molar-refractivity contribution in [3.8, 4) is 0 Å². The third kappa shape index (κ3) is 4.02. The van der Waals surface area contributed by atoms with Gasteiger partial charge in [0.15, 0.2) is 0 Å². The summed E-state index contributed by atoms with van der Waals surface area (Å²) in [5, 5.41) is 0.935. The number of methoxy groups -OCH3 is 1. The molecular formula is C12H19NO2S. The number of nitrogens with zero attached hydrogens (tertiary/aromatic N) is 1. The van der Waals surface area contributed by atoms with E-state index in [1.165, 1.54) is 4.88 Å². The lowest BCUT2D eigenvalue weighted by Gasteiger charge is -2.07. The lowest BCUT2D eigenvalue weighted by atomic mass is 10.0. The first-order valence-electron chi connectivity index (χ1n) is 5.46. The summed E-state index contributed by atoms with van der Waals surface area (Å²) in [5.74, 6) is 0.540. The Morgan fingerprint density at radius 2 is 2.19 bits per heavy atom. The van der Waals surface area contributed by atoms with E-state index in [1.54, 1.807) is 18.4 Å². The predicted octanol–water partition coefficient (Wildman–Crippen LogP) is 2.54. The number of hydrogen-bond acceptors (Lipinski definition) is 4. The quantitative estimate of drug-likeness (QED) is 0.768. The van der Waals surface area contributed by atoms with Gasteiger partial charge in [0.2, 0.25) is 0 Å². The number of aryl methyl sites for hydroxylation is 2. The first kappa shape index (κ1) is 13.3. The second-order valence-corrected chi connectivity index (χ2v) is 5.52. The normalized spacial score (nSPS) is 12.8. The van der Waals surface area contributed by atoms with Crippen molar-refractivity contribution in [2.75, 3.05) is 13.7 Å². The van der Waals surface area contributed by atoms with Crippen molar-refractivity contribution in [2.24, 2.45) is 5.92 Å². The van der Waals surface area contributed by atoms with Crippen molar-refractivity contribution in [1.82, 2.24) is 4.98 Å². The van der Waals surface area contributed by atoms with Gasteiger partial charge in [-0.3, -0.25) is 4.79 Å². The zero-order valence-corrected chi connectivity index (χ0v) is 11.2. The van der Waals surface area contributed by atoms with Crippen molar-refractivity contribution in [3.05, 3.63) is 15.6 Å². The summed E-state index contributed by atoms with van der Waals surface area (Å²) >= 11 is 1.62. The molecule has 1 aromatic heterocycles. The van der Waals surface area contributed by atoms with Gasteiger partial charge in [0, 0.05) is 25.0 Å². The SMILES string of the molecule is COCC(C)CC(=O)Cc1nc(C)c(C)s1. The Bertz CT molecular complexity index is 340. The molecule has 0 saturated carbocycles. The molecular weight excluding hydrogens is 222 g/mol. The van der Waals surface area contributed by atoms with E-state index in [1.807, 2.05) is 20.8 Å². The maximum atomic E-state index is 11.7. The first-order valence-corrected chi connectivity index (χ1v) is 6.28. The van der Waals surface area contributed by atoms with Crippen LogP contribution >= 0.6 is 11.3 Å². The van der Waals surface area contributed by atoms with Crippen molar-refractivity contribution < 1.29 is 9.53 Å². The third-order valence-electron chi connectivity index (χ3n) is 2.45. The first-order chi connectivity index (χ1) is 7.52. The largest absolute Gasteiger partial charge is 0.384 e. The number of ether oxygens (including phenoxy) is 1. The van der Waals surface area contributed by atoms with Crippen LogP contribution in [0.25, 0.3) is 0 Å². The average molecular weight is 241 g/mol. The monoisotopic (exact) mass is 241 g/mol. The molecule has 0 aliphatic carbocycles. The van der Waals surface area contributed by atoms with Gasteiger partial charge in [-0.1, -0.05) is 6.92 Å². The van der Waals surface area contributed by atoms with Crippen molar-refractivity contribution in [1.29, 1.82) is 0 Å². The summed E-state index contributed by atoms with van der Waals surface area (Å²) < 4.78 is 5.01. The zero-order valence-electron chi connectivity index (χ0n) is 10.4. The van der Waals surface area contributed by atoms with Gasteiger partial charge < -0.3 is 4.74 Å². The van der Waals surface area contributed by atoms with Gasteiger partial charge in [0.1, 0.15) is 10.8 Å². The molecule has 0 amide bonds. The molecule has 90 valence electrons. The topological polar surface area (TPSA) is 39.2 Å². The number of aromatic nitrogens is 1. The van der Waals surface area contributed by atoms with Crippen molar-refractivity contribution in [2.45, 2.75) is 33.6 Å². The molecule has 1 unspecified atom stereocenters. The Labute approximate surface area is 101 Å². The van der Waals surface area contributed by atoms with Gasteiger partial charge in [-0.25, -0.2) is 4.98 Å². The van der Waals surface area contributed by atoms with Gasteiger partial charge >= 0.3 is 0 Å². The highest BCUT2D eigenvalue weighted by Gasteiger charge is 2.12. The lowest BCUT2D eigenvalue weighted by molar-refractivity contribution is -0.119. The van der Waals surface area contributed by atoms with Crippen LogP contribution in [0.4, 0.5) is 0 Å². The standard InChI is InChI=1S/C12H19NO2S/c1-8(7-15-4)5-11(14)6-12-13-9(2)10(3)16-12/h8H,5-7H2,1-4H3. The average Bonchev–Trinajstić information content (AvgIpc) is 2.45. The molecule has 1 rings (SSSR count). The highest BCUT2D eigenvalue weighted by atomic mass is 32.1. The molecule has 0 saturated heterocycles. The third-order valence-corrected chi connectivity index (χ3v) is 3.52. The highest BCUT2D eigenvalue weighted by molar-refractivity contribution is 7.11. The molecule has 1 aromatic rings. The molecule has 1 atom stereocenters. The van der Waals surface area contributed by atoms with Gasteiger partial charge in [-0.2, -0.15) is 0 Å². The molecule has 0 aliphatic heterocycles. The molecule has 16 heavy (non-hydrogen) atoms. The number of carbonyl (C=O) groups excluding carboxylic acids is 1. The smallest absolute Gasteiger partial charge is 0.140 e. The number of rotatable bonds is 6. The molecule has 3 nitrogen and oxygen atoms in total. The summed E-state index contributed by atoms with van der Waals surface area (Å²) in [4.78, 5) is 17.3. The Morgan fingerprint density at radius 1 is 1.50 bits per heavy atom. The van der Waals surface area contributed by atoms with Gasteiger partial charge in [-0.15, -0.1) is 11.3 Å². The van der Waals surface area contributed by atoms with Crippen LogP contribution in [-0.4, -0.2) is 24.5 Å². The number of carbonyl (C=O) groups is 1. The van der Waals surface area contributed by atoms with E-state index in [0.717, 1.165) is 10.7 Å². The van der Waals surface area contributed by atoms with Crippen LogP contribution in [0.3, 0.4) is 0 Å². The van der Waals surface area contributed by atoms with Crippen LogP contribution < -0.4 is 0 Å². The number of Topliss-reactive ketones (excluding diaryl/α,β-unsaturated/α-hetero) is 1.